The maximum absolute atomic E-state index is 14.3. The average Bonchev–Trinajstić information content (AvgIpc) is 3.15. The Morgan fingerprint density at radius 1 is 1.03 bits per heavy atom. The van der Waals surface area contributed by atoms with Crippen LogP contribution in [0.1, 0.15) is 124 Å². The molecule has 6 rings (SSSR count). The van der Waals surface area contributed by atoms with Crippen molar-refractivity contribution in [3.05, 3.63) is 51.8 Å². The van der Waals surface area contributed by atoms with Crippen LogP contribution in [0.15, 0.2) is 29.6 Å². The SMILES string of the molecule is CCC[C@@H](C)/C=C(\C)C(=O)O[C@@H]1[C@H](C)O[C@@H](O[C@H]2CC[C@H](O[C@@H]3C(=O)C(C(C)=O)C(=O)[C@@]4(O)C(=O)c5c(cc6c(c5O)C(=O)C=C(OC)C6=O)C[C@@]34O)C[C@@H]2C)C[C@@]1(C)O. The minimum atomic E-state index is -3.48. The molecule has 1 aromatic carbocycles. The Balaban J connectivity index is 1.20. The Hall–Kier alpha value is -4.45. The van der Waals surface area contributed by atoms with E-state index in [1.165, 1.54) is 0 Å². The predicted molar refractivity (Wildman–Crippen MR) is 208 cm³/mol. The summed E-state index contributed by atoms with van der Waals surface area (Å²) in [6.07, 6.45) is -1.65. The van der Waals surface area contributed by atoms with Gasteiger partial charge >= 0.3 is 5.97 Å². The fraction of sp³-hybridized carbons (Fsp3) is 0.614. The Bertz CT molecular complexity index is 2080. The molecule has 2 saturated carbocycles. The Kier molecular flexibility index (Phi) is 12.4. The number of ketones is 6. The van der Waals surface area contributed by atoms with Gasteiger partial charge in [-0.25, -0.2) is 4.79 Å². The average molecular weight is 839 g/mol. The number of Topliss-reactive ketones (excluding diaryl/α,β-unsaturated/α-hetero) is 5. The van der Waals surface area contributed by atoms with Crippen molar-refractivity contribution in [2.45, 2.75) is 147 Å². The Labute approximate surface area is 347 Å². The van der Waals surface area contributed by atoms with E-state index in [-0.39, 0.29) is 48.0 Å². The summed E-state index contributed by atoms with van der Waals surface area (Å²) in [5.41, 5.74) is -9.51. The molecule has 1 heterocycles. The van der Waals surface area contributed by atoms with Crippen molar-refractivity contribution in [3.8, 4) is 5.75 Å². The molecule has 0 radical (unpaired) electrons. The molecule has 0 bridgehead atoms. The Morgan fingerprint density at radius 2 is 1.72 bits per heavy atom. The number of esters is 1. The number of hydrogen-bond acceptors (Lipinski definition) is 16. The fourth-order valence-electron chi connectivity index (χ4n) is 9.67. The first-order valence-electron chi connectivity index (χ1n) is 20.4. The molecule has 1 aliphatic heterocycles. The second-order valence-corrected chi connectivity index (χ2v) is 17.4. The van der Waals surface area contributed by atoms with E-state index in [9.17, 15) is 54.0 Å². The molecule has 0 aromatic heterocycles. The molecule has 0 amide bonds. The molecule has 4 aliphatic carbocycles. The normalized spacial score (nSPS) is 36.1. The highest BCUT2D eigenvalue weighted by Crippen LogP contribution is 2.50. The highest BCUT2D eigenvalue weighted by Gasteiger charge is 2.74. The maximum atomic E-state index is 14.3. The van der Waals surface area contributed by atoms with Gasteiger partial charge in [0.05, 0.1) is 36.5 Å². The van der Waals surface area contributed by atoms with Gasteiger partial charge in [-0.3, -0.25) is 28.8 Å². The summed E-state index contributed by atoms with van der Waals surface area (Å²) in [6, 6.07) is 1.06. The zero-order chi connectivity index (χ0) is 44.4. The molecule has 12 atom stereocenters. The fourth-order valence-corrected chi connectivity index (χ4v) is 9.67. The zero-order valence-corrected chi connectivity index (χ0v) is 35.1. The van der Waals surface area contributed by atoms with Gasteiger partial charge in [-0.05, 0) is 76.8 Å². The predicted octanol–water partition coefficient (Wildman–Crippen LogP) is 3.00. The van der Waals surface area contributed by atoms with Crippen molar-refractivity contribution in [2.75, 3.05) is 7.11 Å². The van der Waals surface area contributed by atoms with Gasteiger partial charge in [0, 0.05) is 30.1 Å². The molecule has 60 heavy (non-hydrogen) atoms. The number of aliphatic hydroxyl groups is 3. The molecule has 1 saturated heterocycles. The third kappa shape index (κ3) is 7.49. The number of hydrogen-bond donors (Lipinski definition) is 4. The van der Waals surface area contributed by atoms with Crippen molar-refractivity contribution >= 4 is 40.7 Å². The quantitative estimate of drug-likeness (QED) is 0.142. The van der Waals surface area contributed by atoms with Crippen LogP contribution in [0, 0.1) is 17.8 Å². The molecule has 326 valence electrons. The summed E-state index contributed by atoms with van der Waals surface area (Å²) in [7, 11) is 1.15. The van der Waals surface area contributed by atoms with Crippen molar-refractivity contribution in [2.24, 2.45) is 17.8 Å². The smallest absolute Gasteiger partial charge is 0.333 e. The van der Waals surface area contributed by atoms with E-state index in [0.717, 1.165) is 39.0 Å². The molecule has 4 N–H and O–H groups in total. The van der Waals surface area contributed by atoms with Crippen molar-refractivity contribution in [1.82, 2.24) is 0 Å². The summed E-state index contributed by atoms with van der Waals surface area (Å²) in [5.74, 6) is -11.4. The number of aromatic hydroxyl groups is 1. The van der Waals surface area contributed by atoms with Crippen LogP contribution in [-0.4, -0.2) is 122 Å². The van der Waals surface area contributed by atoms with Gasteiger partial charge in [0.1, 0.15) is 34.8 Å². The third-order valence-corrected chi connectivity index (χ3v) is 12.7. The van der Waals surface area contributed by atoms with E-state index in [2.05, 4.69) is 6.92 Å². The maximum Gasteiger partial charge on any atom is 0.333 e. The van der Waals surface area contributed by atoms with Crippen LogP contribution >= 0.6 is 0 Å². The van der Waals surface area contributed by atoms with Gasteiger partial charge in [-0.2, -0.15) is 0 Å². The van der Waals surface area contributed by atoms with Crippen LogP contribution in [0.25, 0.3) is 0 Å². The van der Waals surface area contributed by atoms with Crippen LogP contribution in [-0.2, 0) is 49.3 Å². The van der Waals surface area contributed by atoms with Gasteiger partial charge in [-0.15, -0.1) is 0 Å². The molecule has 16 nitrogen and oxygen atoms in total. The lowest BCUT2D eigenvalue weighted by Gasteiger charge is -2.53. The molecular formula is C44H54O16. The van der Waals surface area contributed by atoms with Gasteiger partial charge in [0.2, 0.25) is 17.2 Å². The number of benzene rings is 1. The van der Waals surface area contributed by atoms with Crippen LogP contribution in [0.3, 0.4) is 0 Å². The summed E-state index contributed by atoms with van der Waals surface area (Å²) in [4.78, 5) is 94.1. The summed E-state index contributed by atoms with van der Waals surface area (Å²) in [5, 5.41) is 47.2. The van der Waals surface area contributed by atoms with E-state index in [1.807, 2.05) is 19.9 Å². The van der Waals surface area contributed by atoms with E-state index in [4.69, 9.17) is 23.7 Å². The summed E-state index contributed by atoms with van der Waals surface area (Å²) >= 11 is 0. The first-order chi connectivity index (χ1) is 28.0. The van der Waals surface area contributed by atoms with Crippen LogP contribution in [0.2, 0.25) is 0 Å². The summed E-state index contributed by atoms with van der Waals surface area (Å²) < 4.78 is 29.4. The first kappa shape index (κ1) is 45.1. The molecule has 3 fully saturated rings. The number of phenolic OH excluding ortho intramolecular Hbond substituents is 1. The lowest BCUT2D eigenvalue weighted by atomic mass is 9.56. The third-order valence-electron chi connectivity index (χ3n) is 12.7. The lowest BCUT2D eigenvalue weighted by Crippen LogP contribution is -2.79. The van der Waals surface area contributed by atoms with E-state index in [0.29, 0.717) is 12.0 Å². The van der Waals surface area contributed by atoms with Gasteiger partial charge in [-0.1, -0.05) is 33.3 Å². The van der Waals surface area contributed by atoms with Crippen molar-refractivity contribution in [3.63, 3.8) is 0 Å². The molecule has 0 spiro atoms. The molecule has 1 unspecified atom stereocenters. The number of phenols is 1. The number of methoxy groups -OCH3 is 1. The Morgan fingerprint density at radius 3 is 2.32 bits per heavy atom. The van der Waals surface area contributed by atoms with Crippen LogP contribution in [0.4, 0.5) is 0 Å². The minimum Gasteiger partial charge on any atom is -0.506 e. The highest BCUT2D eigenvalue weighted by atomic mass is 16.7. The minimum absolute atomic E-state index is 0.0207. The second-order valence-electron chi connectivity index (χ2n) is 17.4. The monoisotopic (exact) mass is 838 g/mol. The van der Waals surface area contributed by atoms with Crippen LogP contribution < -0.4 is 0 Å². The number of ether oxygens (including phenoxy) is 5. The first-order valence-corrected chi connectivity index (χ1v) is 20.4. The number of allylic oxidation sites excluding steroid dienone is 3. The molecular weight excluding hydrogens is 784 g/mol. The molecule has 1 aromatic rings. The van der Waals surface area contributed by atoms with Crippen LogP contribution in [0.5, 0.6) is 5.75 Å². The van der Waals surface area contributed by atoms with Crippen molar-refractivity contribution in [1.29, 1.82) is 0 Å². The topological polar surface area (TPSA) is 247 Å². The number of carbonyl (C=O) groups excluding carboxylic acids is 7. The zero-order valence-electron chi connectivity index (χ0n) is 35.1. The summed E-state index contributed by atoms with van der Waals surface area (Å²) in [6.45, 7) is 11.7. The lowest BCUT2D eigenvalue weighted by molar-refractivity contribution is -0.293. The molecule has 16 heteroatoms. The standard InChI is InChI=1S/C44H54O16/c1-9-10-19(2)13-21(4)41(52)60-39-23(6)57-30(18-42(39,7)53)59-28-12-11-25(14-20(28)3)58-40-36(49)31(22(5)45)37(50)44(55)38(51)32-24(17-43(40,44)54)15-26-33(35(32)48)27(46)16-29(56-8)34(26)47/h13,15-16,19-20,23,25,28,30-31,39-40,48,53-55H,9-12,14,17-18H2,1-8H3/b21-13+/t19-,20+,23+,25+,28+,30+,31?,39-,40-,42-,43-,44-/m1/s1. The number of fused-ring (bicyclic) bond motifs is 3. The van der Waals surface area contributed by atoms with Gasteiger partial charge in [0.15, 0.2) is 35.5 Å². The number of carbonyl (C=O) groups is 7. The largest absolute Gasteiger partial charge is 0.506 e. The number of rotatable bonds is 11. The van der Waals surface area contributed by atoms with Crippen molar-refractivity contribution < 1.29 is 77.7 Å². The van der Waals surface area contributed by atoms with E-state index < -0.39 is 123 Å². The van der Waals surface area contributed by atoms with E-state index >= 15 is 0 Å². The highest BCUT2D eigenvalue weighted by molar-refractivity contribution is 6.34. The second kappa shape index (κ2) is 16.4. The van der Waals surface area contributed by atoms with Gasteiger partial charge in [0.25, 0.3) is 0 Å². The van der Waals surface area contributed by atoms with E-state index in [1.54, 1.807) is 20.8 Å². The van der Waals surface area contributed by atoms with Gasteiger partial charge < -0.3 is 44.1 Å². The molecule has 5 aliphatic rings.